The zero-order valence-electron chi connectivity index (χ0n) is 13.4. The van der Waals surface area contributed by atoms with Crippen LogP contribution in [-0.4, -0.2) is 18.9 Å². The number of methoxy groups -OCH3 is 1. The lowest BCUT2D eigenvalue weighted by atomic mass is 10.1. The number of hydrazine groups is 1. The van der Waals surface area contributed by atoms with Gasteiger partial charge in [-0.2, -0.15) is 0 Å². The molecular weight excluding hydrogens is 351 g/mol. The summed E-state index contributed by atoms with van der Waals surface area (Å²) in [6.45, 7) is 3.76. The molecule has 24 heavy (non-hydrogen) atoms. The maximum Gasteiger partial charge on any atom is 0.269 e. The molecule has 0 fully saturated rings. The second-order valence-electron chi connectivity index (χ2n) is 5.20. The van der Waals surface area contributed by atoms with Gasteiger partial charge in [-0.15, -0.1) is 0 Å². The topological polar surface area (TPSA) is 67.4 Å². The quantitative estimate of drug-likeness (QED) is 0.813. The lowest BCUT2D eigenvalue weighted by Gasteiger charge is -2.11. The molecule has 0 aliphatic carbocycles. The van der Waals surface area contributed by atoms with E-state index in [4.69, 9.17) is 27.9 Å². The first-order valence-electron chi connectivity index (χ1n) is 7.04. The first-order valence-corrected chi connectivity index (χ1v) is 7.80. The number of carbonyl (C=O) groups excluding carboxylic acids is 2. The predicted octanol–water partition coefficient (Wildman–Crippen LogP) is 3.69. The summed E-state index contributed by atoms with van der Waals surface area (Å²) in [5.74, 6) is -0.666. The van der Waals surface area contributed by atoms with E-state index in [-0.39, 0.29) is 21.4 Å². The van der Waals surface area contributed by atoms with Gasteiger partial charge in [0.05, 0.1) is 17.2 Å². The third-order valence-corrected chi connectivity index (χ3v) is 3.94. The molecule has 0 aromatic heterocycles. The van der Waals surface area contributed by atoms with E-state index in [9.17, 15) is 9.59 Å². The zero-order valence-corrected chi connectivity index (χ0v) is 14.9. The lowest BCUT2D eigenvalue weighted by Crippen LogP contribution is -2.41. The van der Waals surface area contributed by atoms with Gasteiger partial charge in [-0.05, 0) is 37.6 Å². The number of benzene rings is 2. The summed E-state index contributed by atoms with van der Waals surface area (Å²) in [6, 6.07) is 8.23. The fourth-order valence-corrected chi connectivity index (χ4v) is 2.85. The molecule has 0 radical (unpaired) electrons. The second-order valence-corrected chi connectivity index (χ2v) is 6.01. The second kappa shape index (κ2) is 7.55. The van der Waals surface area contributed by atoms with Gasteiger partial charge in [-0.1, -0.05) is 40.9 Å². The van der Waals surface area contributed by atoms with Crippen LogP contribution in [0.5, 0.6) is 5.75 Å². The molecule has 0 atom stereocenters. The van der Waals surface area contributed by atoms with Crippen molar-refractivity contribution in [1.82, 2.24) is 10.9 Å². The predicted molar refractivity (Wildman–Crippen MR) is 93.9 cm³/mol. The van der Waals surface area contributed by atoms with E-state index in [0.29, 0.717) is 5.56 Å². The average Bonchev–Trinajstić information content (AvgIpc) is 2.51. The molecule has 0 aliphatic rings. The summed E-state index contributed by atoms with van der Waals surface area (Å²) in [7, 11) is 1.43. The van der Waals surface area contributed by atoms with Crippen LogP contribution >= 0.6 is 23.2 Å². The third-order valence-electron chi connectivity index (χ3n) is 3.38. The number of ether oxygens (including phenoxy) is 1. The van der Waals surface area contributed by atoms with Gasteiger partial charge in [-0.3, -0.25) is 20.4 Å². The molecule has 2 amide bonds. The van der Waals surface area contributed by atoms with Crippen molar-refractivity contribution < 1.29 is 14.3 Å². The summed E-state index contributed by atoms with van der Waals surface area (Å²) in [6.07, 6.45) is 0. The summed E-state index contributed by atoms with van der Waals surface area (Å²) in [5.41, 5.74) is 7.25. The molecule has 0 spiro atoms. The number of nitrogens with one attached hydrogen (secondary N) is 2. The Morgan fingerprint density at radius 3 is 2.08 bits per heavy atom. The van der Waals surface area contributed by atoms with E-state index in [2.05, 4.69) is 10.9 Å². The number of amides is 2. The third kappa shape index (κ3) is 3.99. The normalized spacial score (nSPS) is 10.2. The molecule has 0 aliphatic heterocycles. The fraction of sp³-hybridized carbons (Fsp3) is 0.176. The van der Waals surface area contributed by atoms with Gasteiger partial charge in [0.25, 0.3) is 11.8 Å². The number of carbonyl (C=O) groups is 2. The van der Waals surface area contributed by atoms with Crippen LogP contribution in [0.1, 0.15) is 31.8 Å². The highest BCUT2D eigenvalue weighted by Gasteiger charge is 2.15. The standard InChI is InChI=1S/C17H16Cl2N2O3/c1-9-4-5-12(10(2)6-9)17(23)21-20-16(22)11-7-13(18)15(24-3)14(19)8-11/h4-8H,1-3H3,(H,20,22)(H,21,23). The highest BCUT2D eigenvalue weighted by Crippen LogP contribution is 2.33. The smallest absolute Gasteiger partial charge is 0.269 e. The molecule has 2 aromatic carbocycles. The first kappa shape index (κ1) is 18.1. The Morgan fingerprint density at radius 2 is 1.54 bits per heavy atom. The Kier molecular flexibility index (Phi) is 5.70. The van der Waals surface area contributed by atoms with E-state index in [1.165, 1.54) is 19.2 Å². The van der Waals surface area contributed by atoms with Crippen LogP contribution in [0.2, 0.25) is 10.0 Å². The molecular formula is C17H16Cl2N2O3. The van der Waals surface area contributed by atoms with Crippen molar-refractivity contribution in [2.24, 2.45) is 0 Å². The monoisotopic (exact) mass is 366 g/mol. The average molecular weight is 367 g/mol. The summed E-state index contributed by atoms with van der Waals surface area (Å²) >= 11 is 12.0. The van der Waals surface area contributed by atoms with Crippen molar-refractivity contribution >= 4 is 35.0 Å². The molecule has 0 saturated carbocycles. The van der Waals surface area contributed by atoms with Crippen molar-refractivity contribution in [2.45, 2.75) is 13.8 Å². The largest absolute Gasteiger partial charge is 0.494 e. The Hall–Kier alpha value is -2.24. The lowest BCUT2D eigenvalue weighted by molar-refractivity contribution is 0.0846. The van der Waals surface area contributed by atoms with Gasteiger partial charge in [0.1, 0.15) is 0 Å². The first-order chi connectivity index (χ1) is 11.3. The molecule has 7 heteroatoms. The van der Waals surface area contributed by atoms with E-state index >= 15 is 0 Å². The van der Waals surface area contributed by atoms with Crippen LogP contribution in [0.4, 0.5) is 0 Å². The minimum Gasteiger partial charge on any atom is -0.494 e. The molecule has 0 unspecified atom stereocenters. The SMILES string of the molecule is COc1c(Cl)cc(C(=O)NNC(=O)c2ccc(C)cc2C)cc1Cl. The number of aryl methyl sites for hydroxylation is 2. The zero-order chi connectivity index (χ0) is 17.9. The van der Waals surface area contributed by atoms with Gasteiger partial charge in [0, 0.05) is 11.1 Å². The van der Waals surface area contributed by atoms with Crippen molar-refractivity contribution in [3.05, 3.63) is 62.6 Å². The molecule has 0 bridgehead atoms. The van der Waals surface area contributed by atoms with Crippen LogP contribution in [0, 0.1) is 13.8 Å². The Balaban J connectivity index is 2.09. The van der Waals surface area contributed by atoms with E-state index < -0.39 is 11.8 Å². The summed E-state index contributed by atoms with van der Waals surface area (Å²) in [4.78, 5) is 24.3. The molecule has 2 aromatic rings. The van der Waals surface area contributed by atoms with Crippen LogP contribution < -0.4 is 15.6 Å². The van der Waals surface area contributed by atoms with Gasteiger partial charge >= 0.3 is 0 Å². The maximum atomic E-state index is 12.1. The van der Waals surface area contributed by atoms with Crippen LogP contribution in [-0.2, 0) is 0 Å². The Morgan fingerprint density at radius 1 is 0.958 bits per heavy atom. The van der Waals surface area contributed by atoms with Gasteiger partial charge in [-0.25, -0.2) is 0 Å². The minimum absolute atomic E-state index is 0.201. The Labute approximate surface area is 149 Å². The maximum absolute atomic E-state index is 12.1. The summed E-state index contributed by atoms with van der Waals surface area (Å²) in [5, 5.41) is 0.409. The highest BCUT2D eigenvalue weighted by atomic mass is 35.5. The molecule has 2 rings (SSSR count). The van der Waals surface area contributed by atoms with E-state index in [0.717, 1.165) is 11.1 Å². The van der Waals surface area contributed by atoms with E-state index in [1.807, 2.05) is 26.0 Å². The number of halogens is 2. The number of hydrogen-bond donors (Lipinski definition) is 2. The molecule has 0 saturated heterocycles. The number of rotatable bonds is 3. The molecule has 126 valence electrons. The van der Waals surface area contributed by atoms with Crippen LogP contribution in [0.25, 0.3) is 0 Å². The molecule has 0 heterocycles. The highest BCUT2D eigenvalue weighted by molar-refractivity contribution is 6.37. The van der Waals surface area contributed by atoms with Crippen molar-refractivity contribution in [3.63, 3.8) is 0 Å². The van der Waals surface area contributed by atoms with Crippen molar-refractivity contribution in [2.75, 3.05) is 7.11 Å². The van der Waals surface area contributed by atoms with Crippen molar-refractivity contribution in [3.8, 4) is 5.75 Å². The van der Waals surface area contributed by atoms with Gasteiger partial charge < -0.3 is 4.74 Å². The molecule has 5 nitrogen and oxygen atoms in total. The van der Waals surface area contributed by atoms with Gasteiger partial charge in [0.15, 0.2) is 5.75 Å². The number of hydrogen-bond acceptors (Lipinski definition) is 3. The summed E-state index contributed by atoms with van der Waals surface area (Å²) < 4.78 is 5.02. The minimum atomic E-state index is -0.542. The van der Waals surface area contributed by atoms with Gasteiger partial charge in [0.2, 0.25) is 0 Å². The fourth-order valence-electron chi connectivity index (χ4n) is 2.21. The van der Waals surface area contributed by atoms with E-state index in [1.54, 1.807) is 6.07 Å². The van der Waals surface area contributed by atoms with Crippen molar-refractivity contribution in [1.29, 1.82) is 0 Å². The molecule has 2 N–H and O–H groups in total. The van der Waals surface area contributed by atoms with Crippen LogP contribution in [0.15, 0.2) is 30.3 Å². The Bertz CT molecular complexity index is 783. The van der Waals surface area contributed by atoms with Crippen LogP contribution in [0.3, 0.4) is 0 Å².